The summed E-state index contributed by atoms with van der Waals surface area (Å²) < 4.78 is 0. The maximum Gasteiger partial charge on any atom is 0.220 e. The van der Waals surface area contributed by atoms with Crippen molar-refractivity contribution in [3.63, 3.8) is 0 Å². The third-order valence-corrected chi connectivity index (χ3v) is 6.62. The van der Waals surface area contributed by atoms with E-state index < -0.39 is 12.1 Å². The average molecular weight is 456 g/mol. The predicted octanol–water partition coefficient (Wildman–Crippen LogP) is 7.45. The van der Waals surface area contributed by atoms with Gasteiger partial charge in [-0.1, -0.05) is 136 Å². The topological polar surface area (TPSA) is 69.6 Å². The molecule has 0 fully saturated rings. The van der Waals surface area contributed by atoms with Crippen LogP contribution in [0.25, 0.3) is 0 Å². The Hall–Kier alpha value is -0.610. The Balaban J connectivity index is 3.62. The normalized spacial score (nSPS) is 13.2. The molecule has 4 heteroatoms. The minimum absolute atomic E-state index is 0.0364. The molecule has 0 heterocycles. The molecule has 0 radical (unpaired) electrons. The van der Waals surface area contributed by atoms with Crippen molar-refractivity contribution in [1.82, 2.24) is 5.32 Å². The molecule has 0 aliphatic carbocycles. The van der Waals surface area contributed by atoms with Crippen molar-refractivity contribution < 1.29 is 15.0 Å². The van der Waals surface area contributed by atoms with Gasteiger partial charge in [-0.2, -0.15) is 0 Å². The van der Waals surface area contributed by atoms with E-state index >= 15 is 0 Å². The molecule has 0 spiro atoms. The zero-order chi connectivity index (χ0) is 23.7. The molecular formula is C28H57NO3. The average Bonchev–Trinajstić information content (AvgIpc) is 2.79. The van der Waals surface area contributed by atoms with Gasteiger partial charge >= 0.3 is 0 Å². The zero-order valence-corrected chi connectivity index (χ0v) is 21.7. The summed E-state index contributed by atoms with van der Waals surface area (Å²) in [5.74, 6) is -0.0364. The number of amides is 1. The van der Waals surface area contributed by atoms with Crippen molar-refractivity contribution in [2.45, 2.75) is 167 Å². The van der Waals surface area contributed by atoms with Crippen molar-refractivity contribution in [3.05, 3.63) is 0 Å². The van der Waals surface area contributed by atoms with Crippen molar-refractivity contribution in [2.75, 3.05) is 6.61 Å². The number of hydrogen-bond acceptors (Lipinski definition) is 3. The van der Waals surface area contributed by atoms with Gasteiger partial charge in [-0.25, -0.2) is 0 Å². The van der Waals surface area contributed by atoms with Crippen LogP contribution in [0.3, 0.4) is 0 Å². The SMILES string of the molecule is CCCCCCCCCCCCC(=O)NC(CO)C(O)CCCCCCCCCCCC. The third-order valence-electron chi connectivity index (χ3n) is 6.62. The molecule has 192 valence electrons. The Labute approximate surface area is 200 Å². The van der Waals surface area contributed by atoms with E-state index in [0.29, 0.717) is 12.8 Å². The van der Waals surface area contributed by atoms with Gasteiger partial charge in [0.05, 0.1) is 18.8 Å². The van der Waals surface area contributed by atoms with Crippen LogP contribution in [0.1, 0.15) is 155 Å². The molecule has 2 unspecified atom stereocenters. The number of rotatable bonds is 25. The lowest BCUT2D eigenvalue weighted by molar-refractivity contribution is -0.123. The zero-order valence-electron chi connectivity index (χ0n) is 21.7. The number of carbonyl (C=O) groups is 1. The van der Waals surface area contributed by atoms with E-state index in [2.05, 4.69) is 19.2 Å². The number of aliphatic hydroxyl groups excluding tert-OH is 2. The molecule has 0 aromatic rings. The molecule has 4 nitrogen and oxygen atoms in total. The highest BCUT2D eigenvalue weighted by atomic mass is 16.3. The van der Waals surface area contributed by atoms with Crippen LogP contribution in [-0.2, 0) is 4.79 Å². The second-order valence-corrected chi connectivity index (χ2v) is 9.83. The van der Waals surface area contributed by atoms with E-state index in [4.69, 9.17) is 0 Å². The van der Waals surface area contributed by atoms with Crippen LogP contribution in [0, 0.1) is 0 Å². The van der Waals surface area contributed by atoms with Gasteiger partial charge in [0.15, 0.2) is 0 Å². The van der Waals surface area contributed by atoms with E-state index in [1.54, 1.807) is 0 Å². The first-order valence-corrected chi connectivity index (χ1v) is 14.2. The standard InChI is InChI=1S/C28H57NO3/c1-3-5-7-9-11-13-15-17-19-21-23-27(31)26(25-30)29-28(32)24-22-20-18-16-14-12-10-8-6-4-2/h26-27,30-31H,3-25H2,1-2H3,(H,29,32). The van der Waals surface area contributed by atoms with Gasteiger partial charge in [-0.15, -0.1) is 0 Å². The number of aliphatic hydroxyl groups is 2. The number of carbonyl (C=O) groups excluding carboxylic acids is 1. The molecular weight excluding hydrogens is 398 g/mol. The first-order valence-electron chi connectivity index (χ1n) is 14.2. The Bertz CT molecular complexity index is 389. The highest BCUT2D eigenvalue weighted by molar-refractivity contribution is 5.76. The molecule has 0 bridgehead atoms. The summed E-state index contributed by atoms with van der Waals surface area (Å²) >= 11 is 0. The third kappa shape index (κ3) is 21.2. The van der Waals surface area contributed by atoms with Gasteiger partial charge in [0.25, 0.3) is 0 Å². The van der Waals surface area contributed by atoms with Gasteiger partial charge in [0, 0.05) is 6.42 Å². The molecule has 32 heavy (non-hydrogen) atoms. The molecule has 1 amide bonds. The largest absolute Gasteiger partial charge is 0.394 e. The summed E-state index contributed by atoms with van der Waals surface area (Å²) in [4.78, 5) is 12.2. The number of nitrogens with one attached hydrogen (secondary N) is 1. The minimum atomic E-state index is -0.647. The summed E-state index contributed by atoms with van der Waals surface area (Å²) in [5.41, 5.74) is 0. The molecule has 0 rings (SSSR count). The van der Waals surface area contributed by atoms with Crippen LogP contribution in [0.15, 0.2) is 0 Å². The minimum Gasteiger partial charge on any atom is -0.394 e. The summed E-state index contributed by atoms with van der Waals surface area (Å²) in [6.45, 7) is 4.31. The smallest absolute Gasteiger partial charge is 0.220 e. The Morgan fingerprint density at radius 3 is 1.41 bits per heavy atom. The monoisotopic (exact) mass is 455 g/mol. The molecule has 3 N–H and O–H groups in total. The van der Waals surface area contributed by atoms with Crippen molar-refractivity contribution in [2.24, 2.45) is 0 Å². The van der Waals surface area contributed by atoms with Crippen LogP contribution in [0.4, 0.5) is 0 Å². The summed E-state index contributed by atoms with van der Waals surface area (Å²) in [7, 11) is 0. The van der Waals surface area contributed by atoms with Crippen LogP contribution in [-0.4, -0.2) is 34.9 Å². The van der Waals surface area contributed by atoms with E-state index in [1.807, 2.05) is 0 Å². The highest BCUT2D eigenvalue weighted by Gasteiger charge is 2.19. The second kappa shape index (κ2) is 25.0. The lowest BCUT2D eigenvalue weighted by Crippen LogP contribution is -2.45. The molecule has 0 saturated heterocycles. The van der Waals surface area contributed by atoms with Crippen LogP contribution >= 0.6 is 0 Å². The maximum absolute atomic E-state index is 12.2. The maximum atomic E-state index is 12.2. The summed E-state index contributed by atoms with van der Waals surface area (Å²) in [6.07, 6.45) is 25.7. The molecule has 0 aliphatic heterocycles. The fourth-order valence-electron chi connectivity index (χ4n) is 4.36. The quantitative estimate of drug-likeness (QED) is 0.125. The van der Waals surface area contributed by atoms with Crippen LogP contribution in [0.2, 0.25) is 0 Å². The fraction of sp³-hybridized carbons (Fsp3) is 0.964. The summed E-state index contributed by atoms with van der Waals surface area (Å²) in [5, 5.41) is 22.8. The Morgan fingerprint density at radius 2 is 1.00 bits per heavy atom. The molecule has 0 aromatic carbocycles. The Morgan fingerprint density at radius 1 is 0.625 bits per heavy atom. The van der Waals surface area contributed by atoms with E-state index in [-0.39, 0.29) is 12.5 Å². The van der Waals surface area contributed by atoms with Crippen molar-refractivity contribution in [3.8, 4) is 0 Å². The van der Waals surface area contributed by atoms with Crippen LogP contribution < -0.4 is 5.32 Å². The lowest BCUT2D eigenvalue weighted by atomic mass is 10.0. The Kier molecular flexibility index (Phi) is 24.5. The number of unbranched alkanes of at least 4 members (excludes halogenated alkanes) is 18. The number of hydrogen-bond donors (Lipinski definition) is 3. The highest BCUT2D eigenvalue weighted by Crippen LogP contribution is 2.14. The van der Waals surface area contributed by atoms with Gasteiger partial charge in [-0.3, -0.25) is 4.79 Å². The predicted molar refractivity (Wildman–Crippen MR) is 138 cm³/mol. The molecule has 0 aromatic heterocycles. The van der Waals surface area contributed by atoms with Gasteiger partial charge < -0.3 is 15.5 Å². The van der Waals surface area contributed by atoms with Gasteiger partial charge in [0.1, 0.15) is 0 Å². The first-order chi connectivity index (χ1) is 15.7. The second-order valence-electron chi connectivity index (χ2n) is 9.83. The molecule has 0 saturated carbocycles. The van der Waals surface area contributed by atoms with E-state index in [1.165, 1.54) is 103 Å². The van der Waals surface area contributed by atoms with Gasteiger partial charge in [0.2, 0.25) is 5.91 Å². The fourth-order valence-corrected chi connectivity index (χ4v) is 4.36. The summed E-state index contributed by atoms with van der Waals surface area (Å²) in [6, 6.07) is -0.524. The lowest BCUT2D eigenvalue weighted by Gasteiger charge is -2.22. The van der Waals surface area contributed by atoms with Crippen molar-refractivity contribution >= 4 is 5.91 Å². The first kappa shape index (κ1) is 31.4. The van der Waals surface area contributed by atoms with Crippen LogP contribution in [0.5, 0.6) is 0 Å². The van der Waals surface area contributed by atoms with E-state index in [9.17, 15) is 15.0 Å². The van der Waals surface area contributed by atoms with Crippen molar-refractivity contribution in [1.29, 1.82) is 0 Å². The molecule has 2 atom stereocenters. The van der Waals surface area contributed by atoms with Gasteiger partial charge in [-0.05, 0) is 12.8 Å². The van der Waals surface area contributed by atoms with E-state index in [0.717, 1.165) is 25.7 Å². The molecule has 0 aliphatic rings.